The lowest BCUT2D eigenvalue weighted by Gasteiger charge is -2.18. The second kappa shape index (κ2) is 4.94. The van der Waals surface area contributed by atoms with Crippen molar-refractivity contribution in [1.82, 2.24) is 5.12 Å². The number of benzene rings is 1. The van der Waals surface area contributed by atoms with E-state index in [4.69, 9.17) is 4.55 Å². The summed E-state index contributed by atoms with van der Waals surface area (Å²) in [5.41, 5.74) is 0.964. The molecule has 101 valence electrons. The van der Waals surface area contributed by atoms with Gasteiger partial charge in [0.2, 0.25) is 5.96 Å². The highest BCUT2D eigenvalue weighted by molar-refractivity contribution is 7.85. The van der Waals surface area contributed by atoms with Gasteiger partial charge >= 0.3 is 0 Å². The van der Waals surface area contributed by atoms with Crippen LogP contribution in [0.1, 0.15) is 5.56 Å². The van der Waals surface area contributed by atoms with Crippen LogP contribution in [0.2, 0.25) is 0 Å². The van der Waals surface area contributed by atoms with E-state index in [1.807, 2.05) is 0 Å². The summed E-state index contributed by atoms with van der Waals surface area (Å²) < 4.78 is 44.4. The molecule has 1 aromatic rings. The van der Waals surface area contributed by atoms with Crippen molar-refractivity contribution in [2.45, 2.75) is 11.8 Å². The molecule has 0 saturated heterocycles. The molecule has 9 heteroatoms. The van der Waals surface area contributed by atoms with Crippen LogP contribution in [-0.2, 0) is 10.1 Å². The second-order valence-corrected chi connectivity index (χ2v) is 5.20. The molecule has 1 radical (unpaired) electrons. The molecular formula is C10H10FN4O3S. The van der Waals surface area contributed by atoms with E-state index < -0.39 is 10.1 Å². The Balaban J connectivity index is 2.35. The zero-order valence-corrected chi connectivity index (χ0v) is 10.6. The van der Waals surface area contributed by atoms with Gasteiger partial charge < -0.3 is 5.32 Å². The third-order valence-corrected chi connectivity index (χ3v) is 3.25. The Labute approximate surface area is 109 Å². The average Bonchev–Trinajstić information content (AvgIpc) is 2.33. The lowest BCUT2D eigenvalue weighted by atomic mass is 10.2. The van der Waals surface area contributed by atoms with E-state index >= 15 is 0 Å². The van der Waals surface area contributed by atoms with Crippen LogP contribution < -0.4 is 5.32 Å². The van der Waals surface area contributed by atoms with Crippen molar-refractivity contribution in [3.8, 4) is 0 Å². The molecule has 0 fully saturated rings. The SMILES string of the molecule is Cc1ccc(S(=O)(=O)O)cc1NC1=N[C]=NCN1F. The van der Waals surface area contributed by atoms with E-state index in [0.29, 0.717) is 11.3 Å². The van der Waals surface area contributed by atoms with Gasteiger partial charge in [0.15, 0.2) is 6.34 Å². The lowest BCUT2D eigenvalue weighted by molar-refractivity contribution is 0.124. The molecule has 19 heavy (non-hydrogen) atoms. The maximum Gasteiger partial charge on any atom is 0.294 e. The summed E-state index contributed by atoms with van der Waals surface area (Å²) >= 11 is 0. The molecule has 2 rings (SSSR count). The number of aryl methyl sites for hydroxylation is 1. The van der Waals surface area contributed by atoms with E-state index in [-0.39, 0.29) is 22.6 Å². The van der Waals surface area contributed by atoms with Crippen molar-refractivity contribution in [1.29, 1.82) is 0 Å². The van der Waals surface area contributed by atoms with Crippen molar-refractivity contribution in [3.63, 3.8) is 0 Å². The predicted octanol–water partition coefficient (Wildman–Crippen LogP) is 1.07. The summed E-state index contributed by atoms with van der Waals surface area (Å²) in [5, 5.41) is 2.86. The average molecular weight is 285 g/mol. The summed E-state index contributed by atoms with van der Waals surface area (Å²) in [6.07, 6.45) is 2.25. The van der Waals surface area contributed by atoms with E-state index in [1.54, 1.807) is 6.92 Å². The Hall–Kier alpha value is -2.00. The highest BCUT2D eigenvalue weighted by Crippen LogP contribution is 2.20. The fraction of sp³-hybridized carbons (Fsp3) is 0.200. The number of anilines is 1. The second-order valence-electron chi connectivity index (χ2n) is 3.77. The van der Waals surface area contributed by atoms with E-state index in [0.717, 1.165) is 0 Å². The van der Waals surface area contributed by atoms with E-state index in [1.165, 1.54) is 18.2 Å². The first kappa shape index (κ1) is 13.4. The largest absolute Gasteiger partial charge is 0.324 e. The minimum Gasteiger partial charge on any atom is -0.324 e. The number of aliphatic imine (C=N–C) groups is 2. The molecule has 1 aromatic carbocycles. The van der Waals surface area contributed by atoms with Crippen LogP contribution in [0, 0.1) is 6.92 Å². The minimum absolute atomic E-state index is 0.161. The van der Waals surface area contributed by atoms with Crippen LogP contribution in [0.5, 0.6) is 0 Å². The van der Waals surface area contributed by atoms with E-state index in [9.17, 15) is 12.9 Å². The third-order valence-electron chi connectivity index (χ3n) is 2.40. The van der Waals surface area contributed by atoms with Gasteiger partial charge in [-0.2, -0.15) is 18.5 Å². The van der Waals surface area contributed by atoms with Crippen molar-refractivity contribution >= 4 is 28.1 Å². The molecule has 1 aliphatic rings. The molecule has 0 saturated carbocycles. The Kier molecular flexibility index (Phi) is 3.49. The van der Waals surface area contributed by atoms with Gasteiger partial charge in [0, 0.05) is 5.69 Å². The summed E-state index contributed by atoms with van der Waals surface area (Å²) in [6.45, 7) is 1.45. The number of halogens is 1. The van der Waals surface area contributed by atoms with Crippen molar-refractivity contribution in [2.24, 2.45) is 9.98 Å². The molecule has 1 heterocycles. The number of hydrogen-bond acceptors (Lipinski definition) is 6. The zero-order valence-electron chi connectivity index (χ0n) is 9.83. The van der Waals surface area contributed by atoms with Gasteiger partial charge in [-0.15, -0.1) is 0 Å². The monoisotopic (exact) mass is 285 g/mol. The highest BCUT2D eigenvalue weighted by atomic mass is 32.2. The molecule has 1 aliphatic heterocycles. The van der Waals surface area contributed by atoms with Gasteiger partial charge in [0.05, 0.1) is 4.90 Å². The first-order valence-electron chi connectivity index (χ1n) is 5.15. The third kappa shape index (κ3) is 3.06. The van der Waals surface area contributed by atoms with Crippen LogP contribution in [-0.4, -0.2) is 37.1 Å². The first-order chi connectivity index (χ1) is 8.88. The number of nitrogens with one attached hydrogen (secondary N) is 1. The van der Waals surface area contributed by atoms with Gasteiger partial charge in [-0.1, -0.05) is 10.5 Å². The first-order valence-corrected chi connectivity index (χ1v) is 6.59. The topological polar surface area (TPSA) is 94.4 Å². The van der Waals surface area contributed by atoms with Crippen molar-refractivity contribution < 1.29 is 17.5 Å². The summed E-state index contributed by atoms with van der Waals surface area (Å²) in [4.78, 5) is 6.74. The van der Waals surface area contributed by atoms with Crippen LogP contribution in [0.3, 0.4) is 0 Å². The Morgan fingerprint density at radius 2 is 2.26 bits per heavy atom. The zero-order chi connectivity index (χ0) is 14.0. The fourth-order valence-electron chi connectivity index (χ4n) is 1.40. The molecule has 7 nitrogen and oxygen atoms in total. The Morgan fingerprint density at radius 3 is 2.89 bits per heavy atom. The van der Waals surface area contributed by atoms with Crippen LogP contribution in [0.25, 0.3) is 0 Å². The van der Waals surface area contributed by atoms with Crippen LogP contribution in [0.15, 0.2) is 33.1 Å². The smallest absolute Gasteiger partial charge is 0.294 e. The van der Waals surface area contributed by atoms with Gasteiger partial charge in [0.1, 0.15) is 6.67 Å². The normalized spacial score (nSPS) is 15.3. The number of guanidine groups is 1. The molecule has 0 bridgehead atoms. The number of nitrogens with zero attached hydrogens (tertiary/aromatic N) is 3. The standard InChI is InChI=1S/C10H10FN4O3S/c1-7-2-3-8(19(16,17)18)4-9(7)14-10-13-5-12-6-15(10)11/h2-4H,6H2,1H3,(H,12,13,14)(H,16,17,18). The molecule has 0 aromatic heterocycles. The van der Waals surface area contributed by atoms with Gasteiger partial charge in [0.25, 0.3) is 10.1 Å². The fourth-order valence-corrected chi connectivity index (χ4v) is 1.91. The van der Waals surface area contributed by atoms with Crippen LogP contribution in [0.4, 0.5) is 10.2 Å². The number of hydrogen-bond donors (Lipinski definition) is 2. The van der Waals surface area contributed by atoms with Crippen LogP contribution >= 0.6 is 0 Å². The predicted molar refractivity (Wildman–Crippen MR) is 67.3 cm³/mol. The van der Waals surface area contributed by atoms with Crippen molar-refractivity contribution in [2.75, 3.05) is 12.0 Å². The van der Waals surface area contributed by atoms with Gasteiger partial charge in [-0.05, 0) is 24.6 Å². The minimum atomic E-state index is -4.32. The Bertz CT molecular complexity index is 657. The maximum atomic E-state index is 13.3. The summed E-state index contributed by atoms with van der Waals surface area (Å²) in [7, 11) is -4.32. The molecule has 0 spiro atoms. The molecular weight excluding hydrogens is 275 g/mol. The molecule has 0 amide bonds. The van der Waals surface area contributed by atoms with Crippen molar-refractivity contribution in [3.05, 3.63) is 23.8 Å². The number of rotatable bonds is 2. The van der Waals surface area contributed by atoms with Gasteiger partial charge in [-0.25, -0.2) is 4.99 Å². The Morgan fingerprint density at radius 1 is 1.53 bits per heavy atom. The summed E-state index contributed by atoms with van der Waals surface area (Å²) in [6, 6.07) is 3.92. The lowest BCUT2D eigenvalue weighted by Crippen LogP contribution is -2.32. The summed E-state index contributed by atoms with van der Waals surface area (Å²) in [5.74, 6) is -0.161. The molecule has 0 atom stereocenters. The van der Waals surface area contributed by atoms with E-state index in [2.05, 4.69) is 21.6 Å². The molecule has 2 N–H and O–H groups in total. The molecule has 0 aliphatic carbocycles. The molecule has 0 unspecified atom stereocenters. The quantitative estimate of drug-likeness (QED) is 0.626. The van der Waals surface area contributed by atoms with Gasteiger partial charge in [-0.3, -0.25) is 4.55 Å². The maximum absolute atomic E-state index is 13.3. The highest BCUT2D eigenvalue weighted by Gasteiger charge is 2.16.